The van der Waals surface area contributed by atoms with Crippen LogP contribution in [0.2, 0.25) is 0 Å². The summed E-state index contributed by atoms with van der Waals surface area (Å²) in [6.45, 7) is 7.00. The zero-order chi connectivity index (χ0) is 11.5. The first-order chi connectivity index (χ1) is 6.93. The van der Waals surface area contributed by atoms with Crippen LogP contribution in [0.1, 0.15) is 52.9 Å². The maximum absolute atomic E-state index is 9.55. The average Bonchev–Trinajstić information content (AvgIpc) is 2.17. The lowest BCUT2D eigenvalue weighted by atomic mass is 9.63. The third-order valence-electron chi connectivity index (χ3n) is 3.83. The van der Waals surface area contributed by atoms with Crippen molar-refractivity contribution in [3.8, 4) is 0 Å². The molecule has 15 heavy (non-hydrogen) atoms. The highest BCUT2D eigenvalue weighted by Crippen LogP contribution is 2.45. The summed E-state index contributed by atoms with van der Waals surface area (Å²) in [5, 5.41) is 19.1. The molecule has 0 amide bonds. The van der Waals surface area contributed by atoms with Gasteiger partial charge in [0.1, 0.15) is 0 Å². The van der Waals surface area contributed by atoms with Crippen LogP contribution >= 0.6 is 0 Å². The predicted octanol–water partition coefficient (Wildman–Crippen LogP) is 2.58. The van der Waals surface area contributed by atoms with Crippen LogP contribution in [0.15, 0.2) is 0 Å². The van der Waals surface area contributed by atoms with Crippen LogP contribution < -0.4 is 0 Å². The van der Waals surface area contributed by atoms with Crippen molar-refractivity contribution in [3.63, 3.8) is 0 Å². The van der Waals surface area contributed by atoms with Crippen LogP contribution in [-0.4, -0.2) is 23.4 Å². The van der Waals surface area contributed by atoms with E-state index in [2.05, 4.69) is 20.8 Å². The summed E-state index contributed by atoms with van der Waals surface area (Å²) in [7, 11) is 0. The quantitative estimate of drug-likeness (QED) is 0.758. The van der Waals surface area contributed by atoms with Gasteiger partial charge in [-0.1, -0.05) is 33.6 Å². The average molecular weight is 214 g/mol. The molecule has 0 spiro atoms. The van der Waals surface area contributed by atoms with Crippen LogP contribution in [0.3, 0.4) is 0 Å². The van der Waals surface area contributed by atoms with Crippen LogP contribution in [0.5, 0.6) is 0 Å². The molecule has 1 aliphatic rings. The molecule has 2 heteroatoms. The molecule has 0 aromatic heterocycles. The molecular weight excluding hydrogens is 188 g/mol. The van der Waals surface area contributed by atoms with Gasteiger partial charge >= 0.3 is 0 Å². The molecule has 90 valence electrons. The minimum atomic E-state index is -0.203. The highest BCUT2D eigenvalue weighted by Gasteiger charge is 2.41. The summed E-state index contributed by atoms with van der Waals surface area (Å²) >= 11 is 0. The van der Waals surface area contributed by atoms with Gasteiger partial charge in [0.2, 0.25) is 0 Å². The minimum Gasteiger partial charge on any atom is -0.396 e. The van der Waals surface area contributed by atoms with Gasteiger partial charge in [-0.3, -0.25) is 0 Å². The zero-order valence-corrected chi connectivity index (χ0v) is 10.4. The van der Waals surface area contributed by atoms with E-state index in [0.29, 0.717) is 5.92 Å². The molecule has 0 saturated heterocycles. The lowest BCUT2D eigenvalue weighted by Gasteiger charge is -2.44. The van der Waals surface area contributed by atoms with E-state index in [1.165, 1.54) is 12.8 Å². The summed E-state index contributed by atoms with van der Waals surface area (Å²) in [6.07, 6.45) is 5.66. The molecule has 1 aliphatic carbocycles. The van der Waals surface area contributed by atoms with Crippen molar-refractivity contribution >= 4 is 0 Å². The van der Waals surface area contributed by atoms with E-state index in [0.717, 1.165) is 19.3 Å². The monoisotopic (exact) mass is 214 g/mol. The predicted molar refractivity (Wildman–Crippen MR) is 62.6 cm³/mol. The van der Waals surface area contributed by atoms with Crippen molar-refractivity contribution in [2.45, 2.75) is 52.9 Å². The molecule has 1 atom stereocenters. The number of hydrogen-bond acceptors (Lipinski definition) is 2. The highest BCUT2D eigenvalue weighted by molar-refractivity contribution is 4.90. The lowest BCUT2D eigenvalue weighted by molar-refractivity contribution is -0.0385. The zero-order valence-electron chi connectivity index (χ0n) is 10.4. The molecule has 0 heterocycles. The molecule has 1 rings (SSSR count). The molecule has 1 unspecified atom stereocenters. The SMILES string of the molecule is CC(C)(C)CC1CCCCC1(CO)CO. The van der Waals surface area contributed by atoms with E-state index >= 15 is 0 Å². The Hall–Kier alpha value is -0.0800. The van der Waals surface area contributed by atoms with Crippen molar-refractivity contribution in [3.05, 3.63) is 0 Å². The first-order valence-electron chi connectivity index (χ1n) is 6.15. The third-order valence-corrected chi connectivity index (χ3v) is 3.83. The largest absolute Gasteiger partial charge is 0.396 e. The standard InChI is InChI=1S/C13H26O2/c1-12(2,3)8-11-6-4-5-7-13(11,9-14)10-15/h11,14-15H,4-10H2,1-3H3. The van der Waals surface area contributed by atoms with E-state index in [9.17, 15) is 10.2 Å². The van der Waals surface area contributed by atoms with Crippen molar-refractivity contribution in [1.82, 2.24) is 0 Å². The second-order valence-electron chi connectivity index (χ2n) is 6.39. The fourth-order valence-corrected chi connectivity index (χ4v) is 2.90. The van der Waals surface area contributed by atoms with Crippen molar-refractivity contribution in [2.75, 3.05) is 13.2 Å². The normalized spacial score (nSPS) is 26.6. The Labute approximate surface area is 93.7 Å². The first-order valence-corrected chi connectivity index (χ1v) is 6.15. The molecule has 0 aromatic carbocycles. The lowest BCUT2D eigenvalue weighted by Crippen LogP contribution is -2.42. The molecule has 1 fully saturated rings. The van der Waals surface area contributed by atoms with Crippen LogP contribution in [0.4, 0.5) is 0 Å². The maximum atomic E-state index is 9.55. The first kappa shape index (κ1) is 13.0. The van der Waals surface area contributed by atoms with Crippen molar-refractivity contribution in [1.29, 1.82) is 0 Å². The molecular formula is C13H26O2. The molecule has 0 aliphatic heterocycles. The summed E-state index contributed by atoms with van der Waals surface area (Å²) in [6, 6.07) is 0. The molecule has 0 bridgehead atoms. The topological polar surface area (TPSA) is 40.5 Å². The number of hydrogen-bond donors (Lipinski definition) is 2. The third kappa shape index (κ3) is 3.18. The fourth-order valence-electron chi connectivity index (χ4n) is 2.90. The number of aliphatic hydroxyl groups excluding tert-OH is 2. The van der Waals surface area contributed by atoms with Gasteiger partial charge in [-0.25, -0.2) is 0 Å². The molecule has 0 aromatic rings. The summed E-state index contributed by atoms with van der Waals surface area (Å²) in [4.78, 5) is 0. The number of aliphatic hydroxyl groups is 2. The Kier molecular flexibility index (Phi) is 4.19. The van der Waals surface area contributed by atoms with Gasteiger partial charge < -0.3 is 10.2 Å². The second kappa shape index (κ2) is 4.84. The molecule has 1 saturated carbocycles. The summed E-state index contributed by atoms with van der Waals surface area (Å²) in [5.41, 5.74) is 0.0864. The van der Waals surface area contributed by atoms with Crippen molar-refractivity contribution < 1.29 is 10.2 Å². The Bertz CT molecular complexity index is 189. The molecule has 0 radical (unpaired) electrons. The van der Waals surface area contributed by atoms with Crippen LogP contribution in [0.25, 0.3) is 0 Å². The van der Waals surface area contributed by atoms with Gasteiger partial charge in [-0.2, -0.15) is 0 Å². The van der Waals surface area contributed by atoms with E-state index in [1.807, 2.05) is 0 Å². The van der Waals surface area contributed by atoms with Crippen molar-refractivity contribution in [2.24, 2.45) is 16.7 Å². The van der Waals surface area contributed by atoms with Gasteiger partial charge in [0, 0.05) is 5.41 Å². The van der Waals surface area contributed by atoms with Gasteiger partial charge in [-0.15, -0.1) is 0 Å². The fraction of sp³-hybridized carbons (Fsp3) is 1.00. The molecule has 2 N–H and O–H groups in total. The van der Waals surface area contributed by atoms with Gasteiger partial charge in [0.25, 0.3) is 0 Å². The van der Waals surface area contributed by atoms with E-state index in [-0.39, 0.29) is 24.0 Å². The highest BCUT2D eigenvalue weighted by atomic mass is 16.3. The molecule has 2 nitrogen and oxygen atoms in total. The van der Waals surface area contributed by atoms with Gasteiger partial charge in [0.15, 0.2) is 0 Å². The second-order valence-corrected chi connectivity index (χ2v) is 6.39. The minimum absolute atomic E-state index is 0.143. The Morgan fingerprint density at radius 2 is 1.73 bits per heavy atom. The summed E-state index contributed by atoms with van der Waals surface area (Å²) < 4.78 is 0. The number of rotatable bonds is 3. The van der Waals surface area contributed by atoms with Crippen LogP contribution in [-0.2, 0) is 0 Å². The Balaban J connectivity index is 2.73. The Morgan fingerprint density at radius 3 is 2.20 bits per heavy atom. The van der Waals surface area contributed by atoms with E-state index in [4.69, 9.17) is 0 Å². The van der Waals surface area contributed by atoms with Crippen LogP contribution in [0, 0.1) is 16.7 Å². The maximum Gasteiger partial charge on any atom is 0.0512 e. The van der Waals surface area contributed by atoms with E-state index < -0.39 is 0 Å². The van der Waals surface area contributed by atoms with Gasteiger partial charge in [-0.05, 0) is 30.6 Å². The smallest absolute Gasteiger partial charge is 0.0512 e. The summed E-state index contributed by atoms with van der Waals surface area (Å²) in [5.74, 6) is 0.487. The van der Waals surface area contributed by atoms with Gasteiger partial charge in [0.05, 0.1) is 13.2 Å². The van der Waals surface area contributed by atoms with E-state index in [1.54, 1.807) is 0 Å². The Morgan fingerprint density at radius 1 is 1.13 bits per heavy atom.